The molecule has 0 rings (SSSR count). The van der Waals surface area contributed by atoms with Crippen LogP contribution in [-0.2, 0) is 9.47 Å². The van der Waals surface area contributed by atoms with Crippen LogP contribution in [0.15, 0.2) is 0 Å². The molecule has 2 nitrogen and oxygen atoms in total. The van der Waals surface area contributed by atoms with Crippen molar-refractivity contribution in [3.05, 3.63) is 0 Å². The Morgan fingerprint density at radius 2 is 1.28 bits per heavy atom. The van der Waals surface area contributed by atoms with E-state index in [1.165, 1.54) is 44.9 Å². The quantitative estimate of drug-likeness (QED) is 0.376. The van der Waals surface area contributed by atoms with E-state index < -0.39 is 0 Å². The van der Waals surface area contributed by atoms with Crippen LogP contribution in [0.25, 0.3) is 0 Å². The van der Waals surface area contributed by atoms with Gasteiger partial charge in [-0.05, 0) is 24.5 Å². The largest absolute Gasteiger partial charge is 0.379 e. The molecule has 18 heavy (non-hydrogen) atoms. The van der Waals surface area contributed by atoms with Crippen LogP contribution in [-0.4, -0.2) is 32.2 Å². The van der Waals surface area contributed by atoms with Crippen LogP contribution in [0.3, 0.4) is 0 Å². The number of hydrogen-bond donors (Lipinski definition) is 1. The van der Waals surface area contributed by atoms with Crippen LogP contribution in [0.2, 0.25) is 0 Å². The smallest absolute Gasteiger partial charge is 0.0700 e. The first-order valence-corrected chi connectivity index (χ1v) is 8.17. The molecule has 0 saturated heterocycles. The highest BCUT2D eigenvalue weighted by atomic mass is 32.1. The van der Waals surface area contributed by atoms with Gasteiger partial charge in [-0.25, -0.2) is 0 Å². The van der Waals surface area contributed by atoms with Crippen molar-refractivity contribution < 1.29 is 9.47 Å². The summed E-state index contributed by atoms with van der Waals surface area (Å²) in [4.78, 5) is 0. The van der Waals surface area contributed by atoms with Gasteiger partial charge in [-0.2, -0.15) is 12.6 Å². The van der Waals surface area contributed by atoms with Crippen LogP contribution in [0.4, 0.5) is 0 Å². The van der Waals surface area contributed by atoms with Gasteiger partial charge in [0.1, 0.15) is 0 Å². The third-order valence-corrected chi connectivity index (χ3v) is 3.09. The van der Waals surface area contributed by atoms with Gasteiger partial charge in [-0.3, -0.25) is 0 Å². The number of rotatable bonds is 14. The van der Waals surface area contributed by atoms with Gasteiger partial charge >= 0.3 is 0 Å². The molecule has 0 heterocycles. The van der Waals surface area contributed by atoms with E-state index in [1.54, 1.807) is 0 Å². The molecule has 0 amide bonds. The number of ether oxygens (including phenoxy) is 2. The summed E-state index contributed by atoms with van der Waals surface area (Å²) in [6.45, 7) is 7.54. The molecule has 0 fully saturated rings. The van der Waals surface area contributed by atoms with E-state index in [0.29, 0.717) is 5.92 Å². The van der Waals surface area contributed by atoms with Crippen LogP contribution in [0, 0.1) is 5.92 Å². The topological polar surface area (TPSA) is 18.5 Å². The Morgan fingerprint density at radius 3 is 1.89 bits per heavy atom. The summed E-state index contributed by atoms with van der Waals surface area (Å²) in [5, 5.41) is 0. The fraction of sp³-hybridized carbons (Fsp3) is 1.00. The van der Waals surface area contributed by atoms with Crippen LogP contribution < -0.4 is 0 Å². The van der Waals surface area contributed by atoms with Crippen LogP contribution in [0.5, 0.6) is 0 Å². The molecule has 0 N–H and O–H groups in total. The van der Waals surface area contributed by atoms with Gasteiger partial charge in [-0.15, -0.1) is 0 Å². The van der Waals surface area contributed by atoms with Gasteiger partial charge in [0, 0.05) is 13.2 Å². The molecule has 0 aromatic carbocycles. The third-order valence-electron chi connectivity index (χ3n) is 2.77. The van der Waals surface area contributed by atoms with Crippen molar-refractivity contribution in [1.29, 1.82) is 0 Å². The van der Waals surface area contributed by atoms with Crippen molar-refractivity contribution in [3.63, 3.8) is 0 Å². The van der Waals surface area contributed by atoms with Crippen LogP contribution in [0.1, 0.15) is 58.8 Å². The molecule has 0 saturated carbocycles. The normalized spacial score (nSPS) is 11.3. The second-order valence-electron chi connectivity index (χ2n) is 5.28. The average Bonchev–Trinajstić information content (AvgIpc) is 2.34. The summed E-state index contributed by atoms with van der Waals surface area (Å²) >= 11 is 4.21. The van der Waals surface area contributed by atoms with Gasteiger partial charge in [0.05, 0.1) is 13.2 Å². The first kappa shape index (κ1) is 18.3. The highest BCUT2D eigenvalue weighted by Crippen LogP contribution is 2.07. The molecular formula is C15H32O2S. The number of thiol groups is 1. The molecule has 110 valence electrons. The number of unbranched alkanes of at least 4 members (excludes halogenated alkanes) is 6. The zero-order valence-electron chi connectivity index (χ0n) is 12.3. The molecule has 0 aliphatic carbocycles. The van der Waals surface area contributed by atoms with Crippen LogP contribution >= 0.6 is 12.6 Å². The third kappa shape index (κ3) is 16.3. The van der Waals surface area contributed by atoms with E-state index in [2.05, 4.69) is 26.5 Å². The summed E-state index contributed by atoms with van der Waals surface area (Å²) in [5.74, 6) is 1.65. The lowest BCUT2D eigenvalue weighted by Gasteiger charge is -2.07. The fourth-order valence-electron chi connectivity index (χ4n) is 1.74. The van der Waals surface area contributed by atoms with Gasteiger partial charge in [-0.1, -0.05) is 46.0 Å². The van der Waals surface area contributed by atoms with Crippen molar-refractivity contribution in [3.8, 4) is 0 Å². The maximum absolute atomic E-state index is 5.53. The minimum Gasteiger partial charge on any atom is -0.379 e. The summed E-state index contributed by atoms with van der Waals surface area (Å²) in [7, 11) is 0. The molecule has 0 unspecified atom stereocenters. The monoisotopic (exact) mass is 276 g/mol. The minimum absolute atomic E-state index is 0.618. The molecular weight excluding hydrogens is 244 g/mol. The van der Waals surface area contributed by atoms with E-state index in [1.807, 2.05) is 0 Å². The molecule has 0 spiro atoms. The standard InChI is InChI=1S/C15H32O2S/c1-15(2)14-17-12-11-16-10-8-6-4-3-5-7-9-13-18/h15,18H,3-14H2,1-2H3. The Morgan fingerprint density at radius 1 is 0.722 bits per heavy atom. The molecule has 0 aliphatic heterocycles. The lowest BCUT2D eigenvalue weighted by atomic mass is 10.1. The van der Waals surface area contributed by atoms with Gasteiger partial charge in [0.15, 0.2) is 0 Å². The van der Waals surface area contributed by atoms with E-state index in [0.717, 1.165) is 32.2 Å². The summed E-state index contributed by atoms with van der Waals surface area (Å²) in [6.07, 6.45) is 9.18. The molecule has 0 bridgehead atoms. The van der Waals surface area contributed by atoms with Gasteiger partial charge in [0.25, 0.3) is 0 Å². The Bertz CT molecular complexity index is 151. The van der Waals surface area contributed by atoms with Crippen molar-refractivity contribution in [2.24, 2.45) is 5.92 Å². The average molecular weight is 276 g/mol. The van der Waals surface area contributed by atoms with E-state index in [4.69, 9.17) is 9.47 Å². The fourth-order valence-corrected chi connectivity index (χ4v) is 1.96. The lowest BCUT2D eigenvalue weighted by molar-refractivity contribution is 0.0365. The Labute approximate surface area is 119 Å². The molecule has 0 aromatic rings. The van der Waals surface area contributed by atoms with Gasteiger partial charge in [0.2, 0.25) is 0 Å². The van der Waals surface area contributed by atoms with Crippen molar-refractivity contribution in [2.45, 2.75) is 58.8 Å². The molecule has 0 atom stereocenters. The SMILES string of the molecule is CC(C)COCCOCCCCCCCCCS. The maximum Gasteiger partial charge on any atom is 0.0700 e. The molecule has 3 heteroatoms. The van der Waals surface area contributed by atoms with E-state index in [9.17, 15) is 0 Å². The van der Waals surface area contributed by atoms with Gasteiger partial charge < -0.3 is 9.47 Å². The first-order chi connectivity index (χ1) is 8.77. The molecule has 0 radical (unpaired) electrons. The lowest BCUT2D eigenvalue weighted by Crippen LogP contribution is -2.09. The predicted octanol–water partition coefficient (Wildman–Crippen LogP) is 4.34. The zero-order valence-corrected chi connectivity index (χ0v) is 13.2. The Hall–Kier alpha value is 0.270. The summed E-state index contributed by atoms with van der Waals surface area (Å²) in [5.41, 5.74) is 0. The predicted molar refractivity (Wildman–Crippen MR) is 82.6 cm³/mol. The van der Waals surface area contributed by atoms with E-state index >= 15 is 0 Å². The highest BCUT2D eigenvalue weighted by Gasteiger charge is 1.95. The minimum atomic E-state index is 0.618. The highest BCUT2D eigenvalue weighted by molar-refractivity contribution is 7.80. The first-order valence-electron chi connectivity index (χ1n) is 7.53. The van der Waals surface area contributed by atoms with Crippen molar-refractivity contribution >= 4 is 12.6 Å². The summed E-state index contributed by atoms with van der Waals surface area (Å²) < 4.78 is 11.0. The summed E-state index contributed by atoms with van der Waals surface area (Å²) in [6, 6.07) is 0. The Balaban J connectivity index is 2.90. The van der Waals surface area contributed by atoms with Crippen molar-refractivity contribution in [1.82, 2.24) is 0 Å². The second kappa shape index (κ2) is 15.3. The molecule has 0 aliphatic rings. The second-order valence-corrected chi connectivity index (χ2v) is 5.73. The zero-order chi connectivity index (χ0) is 13.5. The van der Waals surface area contributed by atoms with Crippen molar-refractivity contribution in [2.75, 3.05) is 32.2 Å². The van der Waals surface area contributed by atoms with E-state index in [-0.39, 0.29) is 0 Å². The maximum atomic E-state index is 5.53. The Kier molecular flexibility index (Phi) is 15.6. The number of hydrogen-bond acceptors (Lipinski definition) is 3. The molecule has 0 aromatic heterocycles.